The topological polar surface area (TPSA) is 278 Å². The zero-order chi connectivity index (χ0) is 40.9. The van der Waals surface area contributed by atoms with Gasteiger partial charge in [-0.25, -0.2) is 14.8 Å². The fourth-order valence-electron chi connectivity index (χ4n) is 7.05. The smallest absolute Gasteiger partial charge is 0.340 e. The first-order valence-corrected chi connectivity index (χ1v) is 17.7. The summed E-state index contributed by atoms with van der Waals surface area (Å²) in [5.41, 5.74) is 13.7. The molecule has 2 aliphatic heterocycles. The number of phenolic OH excluding ortho intramolecular Hbond substituents is 2. The van der Waals surface area contributed by atoms with E-state index in [4.69, 9.17) is 20.9 Å². The number of nitrogens with two attached hydrogens (primary N) is 2. The number of hydrogen-bond donors (Lipinski definition) is 7. The Morgan fingerprint density at radius 3 is 2.22 bits per heavy atom. The second-order valence-electron chi connectivity index (χ2n) is 13.6. The van der Waals surface area contributed by atoms with E-state index in [-0.39, 0.29) is 63.6 Å². The second-order valence-corrected chi connectivity index (χ2v) is 13.6. The van der Waals surface area contributed by atoms with E-state index in [0.717, 1.165) is 5.69 Å². The van der Waals surface area contributed by atoms with E-state index in [9.17, 15) is 34.5 Å². The van der Waals surface area contributed by atoms with Gasteiger partial charge in [-0.15, -0.1) is 0 Å². The van der Waals surface area contributed by atoms with E-state index in [1.807, 2.05) is 11.9 Å². The highest BCUT2D eigenvalue weighted by Crippen LogP contribution is 2.57. The number of nitrogens with zero attached hydrogens (tertiary/aromatic N) is 5. The van der Waals surface area contributed by atoms with E-state index in [2.05, 4.69) is 30.6 Å². The summed E-state index contributed by atoms with van der Waals surface area (Å²) in [4.78, 5) is 70.8. The van der Waals surface area contributed by atoms with Crippen molar-refractivity contribution in [3.8, 4) is 23.0 Å². The van der Waals surface area contributed by atoms with Gasteiger partial charge in [-0.1, -0.05) is 6.07 Å². The van der Waals surface area contributed by atoms with E-state index in [0.29, 0.717) is 34.4 Å². The number of nitrogen functional groups attached to an aromatic ring is 2. The molecule has 1 atom stereocenters. The molecule has 0 fully saturated rings. The molecule has 18 nitrogen and oxygen atoms in total. The second kappa shape index (κ2) is 14.2. The molecule has 0 aliphatic carbocycles. The maximum absolute atomic E-state index is 13.7. The molecular weight excluding hydrogens is 750 g/mol. The quantitative estimate of drug-likeness (QED) is 0.0973. The van der Waals surface area contributed by atoms with E-state index < -0.39 is 41.8 Å². The van der Waals surface area contributed by atoms with Crippen molar-refractivity contribution in [2.75, 3.05) is 28.7 Å². The minimum atomic E-state index is -1.51. The Hall–Kier alpha value is -8.02. The van der Waals surface area contributed by atoms with Crippen LogP contribution in [0.4, 0.5) is 23.1 Å². The molecule has 1 spiro atoms. The van der Waals surface area contributed by atoms with Gasteiger partial charge in [0.25, 0.3) is 5.91 Å². The third-order valence-electron chi connectivity index (χ3n) is 9.78. The van der Waals surface area contributed by atoms with Crippen molar-refractivity contribution in [2.24, 2.45) is 0 Å². The van der Waals surface area contributed by atoms with Crippen LogP contribution in [-0.4, -0.2) is 72.1 Å². The number of phenols is 2. The Morgan fingerprint density at radius 2 is 1.55 bits per heavy atom. The number of aliphatic carboxylic acids is 1. The number of carbonyl (C=O) groups excluding carboxylic acids is 3. The van der Waals surface area contributed by atoms with Crippen LogP contribution >= 0.6 is 0 Å². The molecule has 292 valence electrons. The first kappa shape index (κ1) is 36.9. The summed E-state index contributed by atoms with van der Waals surface area (Å²) in [7, 11) is 1.81. The number of rotatable bonds is 10. The number of benzene rings is 4. The van der Waals surface area contributed by atoms with Crippen molar-refractivity contribution in [1.82, 2.24) is 25.3 Å². The van der Waals surface area contributed by atoms with Gasteiger partial charge >= 0.3 is 11.9 Å². The molecule has 0 saturated carbocycles. The van der Waals surface area contributed by atoms with Gasteiger partial charge in [0.05, 0.1) is 24.0 Å². The SMILES string of the molecule is CN(Cc1cnc2nc(N)nc(N)c2n1)c1ccc(C(=O)N[C@@H](CCC(=O)O)C(=O)Nc2ccc3c(c2)C(=O)OC32c3ccc(O)cc3Oc3cc(O)ccc32)cc1. The number of hydrogen-bond acceptors (Lipinski definition) is 15. The highest BCUT2D eigenvalue weighted by Gasteiger charge is 2.53. The summed E-state index contributed by atoms with van der Waals surface area (Å²) >= 11 is 0. The number of nitrogens with one attached hydrogen (secondary N) is 2. The number of carbonyl (C=O) groups is 4. The van der Waals surface area contributed by atoms with Gasteiger partial charge in [-0.3, -0.25) is 14.4 Å². The molecule has 6 aromatic rings. The van der Waals surface area contributed by atoms with Crippen molar-refractivity contribution in [2.45, 2.75) is 31.0 Å². The molecule has 2 aliphatic rings. The van der Waals surface area contributed by atoms with Crippen LogP contribution in [-0.2, 0) is 26.5 Å². The highest BCUT2D eigenvalue weighted by molar-refractivity contribution is 6.03. The zero-order valence-electron chi connectivity index (χ0n) is 30.5. The standard InChI is InChI=1S/C40H33N9O9/c1-49(18-21-17-43-35-33(44-21)34(41)47-39(42)48-35)22-5-2-19(3-6-22)36(54)46-29(12-13-32(52)53)37(55)45-20-4-9-26-25(14-20)38(56)58-40(26)27-10-7-23(50)15-30(27)57-31-16-24(51)8-11-28(31)40/h2-11,14-17,29,50-51H,12-13,18H2,1H3,(H,45,55)(H,46,54)(H,52,53)(H4,41,42,43,47,48)/t29-/m0/s1. The molecule has 8 rings (SSSR count). The minimum Gasteiger partial charge on any atom is -0.508 e. The van der Waals surface area contributed by atoms with Gasteiger partial charge in [-0.05, 0) is 67.1 Å². The number of aromatic nitrogens is 4. The van der Waals surface area contributed by atoms with Crippen LogP contribution in [0.3, 0.4) is 0 Å². The third kappa shape index (κ3) is 6.67. The van der Waals surface area contributed by atoms with Crippen molar-refractivity contribution in [1.29, 1.82) is 0 Å². The van der Waals surface area contributed by atoms with Crippen LogP contribution < -0.4 is 31.7 Å². The number of carboxylic acid groups (broad SMARTS) is 1. The van der Waals surface area contributed by atoms with Gasteiger partial charge in [0.2, 0.25) is 11.9 Å². The maximum Gasteiger partial charge on any atom is 0.340 e. The molecule has 0 radical (unpaired) electrons. The summed E-state index contributed by atoms with van der Waals surface area (Å²) in [5.74, 6) is -2.89. The molecular formula is C40H33N9O9. The Kier molecular flexibility index (Phi) is 9.07. The van der Waals surface area contributed by atoms with Crippen LogP contribution in [0.25, 0.3) is 11.2 Å². The molecule has 0 bridgehead atoms. The average molecular weight is 784 g/mol. The fourth-order valence-corrected chi connectivity index (χ4v) is 7.05. The summed E-state index contributed by atoms with van der Waals surface area (Å²) in [6, 6.07) is 18.6. The monoisotopic (exact) mass is 783 g/mol. The summed E-state index contributed by atoms with van der Waals surface area (Å²) < 4.78 is 12.1. The molecule has 18 heteroatoms. The minimum absolute atomic E-state index is 0.00887. The van der Waals surface area contributed by atoms with Crippen molar-refractivity contribution in [3.05, 3.63) is 119 Å². The Morgan fingerprint density at radius 1 is 0.879 bits per heavy atom. The maximum atomic E-state index is 13.7. The lowest BCUT2D eigenvalue weighted by atomic mass is 9.77. The van der Waals surface area contributed by atoms with Crippen LogP contribution in [0.15, 0.2) is 85.1 Å². The van der Waals surface area contributed by atoms with Crippen molar-refractivity contribution >= 4 is 58.1 Å². The molecule has 2 amide bonds. The van der Waals surface area contributed by atoms with Gasteiger partial charge < -0.3 is 51.8 Å². The predicted octanol–water partition coefficient (Wildman–Crippen LogP) is 3.80. The lowest BCUT2D eigenvalue weighted by Gasteiger charge is -2.36. The number of esters is 1. The lowest BCUT2D eigenvalue weighted by molar-refractivity contribution is -0.137. The Bertz CT molecular complexity index is 2640. The Balaban J connectivity index is 0.993. The Labute approximate surface area is 328 Å². The predicted molar refractivity (Wildman–Crippen MR) is 207 cm³/mol. The molecule has 58 heavy (non-hydrogen) atoms. The third-order valence-corrected chi connectivity index (χ3v) is 9.78. The van der Waals surface area contributed by atoms with Crippen LogP contribution in [0, 0.1) is 0 Å². The summed E-state index contributed by atoms with van der Waals surface area (Å²) in [6.07, 6.45) is 0.895. The van der Waals surface area contributed by atoms with Crippen molar-refractivity contribution < 1.29 is 44.0 Å². The van der Waals surface area contributed by atoms with E-state index in [1.165, 1.54) is 30.3 Å². The van der Waals surface area contributed by atoms with Gasteiger partial charge in [0.1, 0.15) is 29.0 Å². The number of aromatic hydroxyl groups is 2. The zero-order valence-corrected chi connectivity index (χ0v) is 30.5. The number of anilines is 4. The van der Waals surface area contributed by atoms with Gasteiger partial charge in [-0.2, -0.15) is 9.97 Å². The molecule has 4 aromatic carbocycles. The normalized spacial score (nSPS) is 13.7. The van der Waals surface area contributed by atoms with Gasteiger partial charge in [0, 0.05) is 59.2 Å². The molecule has 0 unspecified atom stereocenters. The average Bonchev–Trinajstić information content (AvgIpc) is 3.47. The van der Waals surface area contributed by atoms with E-state index in [1.54, 1.807) is 54.7 Å². The molecule has 0 saturated heterocycles. The lowest BCUT2D eigenvalue weighted by Crippen LogP contribution is -2.44. The molecule has 2 aromatic heterocycles. The molecule has 4 heterocycles. The highest BCUT2D eigenvalue weighted by atomic mass is 16.6. The number of amides is 2. The number of fused-ring (bicyclic) bond motifs is 7. The van der Waals surface area contributed by atoms with Crippen LogP contribution in [0.5, 0.6) is 23.0 Å². The van der Waals surface area contributed by atoms with E-state index >= 15 is 0 Å². The van der Waals surface area contributed by atoms with Crippen molar-refractivity contribution in [3.63, 3.8) is 0 Å². The summed E-state index contributed by atoms with van der Waals surface area (Å²) in [5, 5.41) is 35.1. The summed E-state index contributed by atoms with van der Waals surface area (Å²) in [6.45, 7) is 0.321. The molecule has 9 N–H and O–H groups in total. The van der Waals surface area contributed by atoms with Crippen LogP contribution in [0.2, 0.25) is 0 Å². The first-order chi connectivity index (χ1) is 27.8. The van der Waals surface area contributed by atoms with Crippen LogP contribution in [0.1, 0.15) is 55.9 Å². The first-order valence-electron chi connectivity index (χ1n) is 17.7. The fraction of sp³-hybridized carbons (Fsp3) is 0.150. The number of carboxylic acids is 1. The largest absolute Gasteiger partial charge is 0.508 e. The van der Waals surface area contributed by atoms with Gasteiger partial charge in [0.15, 0.2) is 22.6 Å². The number of ether oxygens (including phenoxy) is 2.